The van der Waals surface area contributed by atoms with Crippen LogP contribution < -0.4 is 5.32 Å². The first-order valence-electron chi connectivity index (χ1n) is 5.53. The Hall–Kier alpha value is -0.960. The molecule has 0 spiro atoms. The monoisotopic (exact) mass is 243 g/mol. The van der Waals surface area contributed by atoms with Crippen LogP contribution in [0, 0.1) is 0 Å². The van der Waals surface area contributed by atoms with Crippen molar-refractivity contribution in [3.8, 4) is 0 Å². The van der Waals surface area contributed by atoms with Gasteiger partial charge in [0.15, 0.2) is 0 Å². The van der Waals surface area contributed by atoms with Gasteiger partial charge in [0.2, 0.25) is 5.91 Å². The van der Waals surface area contributed by atoms with E-state index in [1.807, 2.05) is 26.0 Å². The first kappa shape index (κ1) is 13.1. The van der Waals surface area contributed by atoms with Crippen molar-refractivity contribution < 1.29 is 9.21 Å². The van der Waals surface area contributed by atoms with Crippen LogP contribution in [0.15, 0.2) is 22.8 Å². The molecule has 1 aromatic rings. The van der Waals surface area contributed by atoms with Gasteiger partial charge in [0.1, 0.15) is 5.76 Å². The Morgan fingerprint density at radius 3 is 2.88 bits per heavy atom. The lowest BCUT2D eigenvalue weighted by Crippen LogP contribution is -2.34. The van der Waals surface area contributed by atoms with Crippen LogP contribution in [0.5, 0.6) is 0 Å². The second kappa shape index (κ2) is 6.59. The molecule has 1 amide bonds. The molecular weight excluding hydrogens is 226 g/mol. The van der Waals surface area contributed by atoms with Gasteiger partial charge in [-0.3, -0.25) is 4.79 Å². The van der Waals surface area contributed by atoms with E-state index in [1.54, 1.807) is 6.26 Å². The molecule has 0 fully saturated rings. The quantitative estimate of drug-likeness (QED) is 0.781. The lowest BCUT2D eigenvalue weighted by molar-refractivity contribution is -0.121. The molecule has 0 aliphatic heterocycles. The van der Waals surface area contributed by atoms with Gasteiger partial charge in [-0.1, -0.05) is 0 Å². The molecule has 1 aromatic heterocycles. The van der Waals surface area contributed by atoms with Gasteiger partial charge in [0.05, 0.1) is 6.26 Å². The summed E-state index contributed by atoms with van der Waals surface area (Å²) in [6.45, 7) is 3.89. The van der Waals surface area contributed by atoms with Gasteiger partial charge >= 0.3 is 0 Å². The van der Waals surface area contributed by atoms with Gasteiger partial charge in [0, 0.05) is 24.3 Å². The highest BCUT2D eigenvalue weighted by Crippen LogP contribution is 2.06. The number of rotatable bonds is 6. The van der Waals surface area contributed by atoms with Crippen molar-refractivity contribution in [3.63, 3.8) is 0 Å². The number of carbonyl (C=O) groups excluding carboxylic acids is 1. The number of alkyl halides is 1. The Balaban J connectivity index is 2.20. The molecule has 0 saturated carbocycles. The Kier molecular flexibility index (Phi) is 5.39. The SMILES string of the molecule is CC(Cl)CC(C)NC(=O)CCc1ccco1. The molecule has 0 aromatic carbocycles. The smallest absolute Gasteiger partial charge is 0.220 e. The predicted octanol–water partition coefficient (Wildman–Crippen LogP) is 2.73. The predicted molar refractivity (Wildman–Crippen MR) is 64.6 cm³/mol. The highest BCUT2D eigenvalue weighted by molar-refractivity contribution is 6.20. The summed E-state index contributed by atoms with van der Waals surface area (Å²) in [6.07, 6.45) is 3.50. The van der Waals surface area contributed by atoms with E-state index >= 15 is 0 Å². The van der Waals surface area contributed by atoms with Gasteiger partial charge in [-0.15, -0.1) is 11.6 Å². The number of aryl methyl sites for hydroxylation is 1. The van der Waals surface area contributed by atoms with Crippen LogP contribution in [0.2, 0.25) is 0 Å². The van der Waals surface area contributed by atoms with E-state index in [2.05, 4.69) is 5.32 Å². The zero-order chi connectivity index (χ0) is 12.0. The average Bonchev–Trinajstić information content (AvgIpc) is 2.65. The van der Waals surface area contributed by atoms with Gasteiger partial charge in [-0.2, -0.15) is 0 Å². The van der Waals surface area contributed by atoms with Crippen LogP contribution in [-0.2, 0) is 11.2 Å². The van der Waals surface area contributed by atoms with Gasteiger partial charge in [-0.25, -0.2) is 0 Å². The summed E-state index contributed by atoms with van der Waals surface area (Å²) in [5.74, 6) is 0.884. The number of amides is 1. The molecular formula is C12H18ClNO2. The third-order valence-corrected chi connectivity index (χ3v) is 2.44. The van der Waals surface area contributed by atoms with Crippen molar-refractivity contribution in [3.05, 3.63) is 24.2 Å². The molecule has 0 saturated heterocycles. The number of nitrogens with one attached hydrogen (secondary N) is 1. The normalized spacial score (nSPS) is 14.4. The Morgan fingerprint density at radius 2 is 2.31 bits per heavy atom. The molecule has 4 heteroatoms. The lowest BCUT2D eigenvalue weighted by Gasteiger charge is -2.14. The molecule has 0 radical (unpaired) electrons. The number of halogens is 1. The maximum absolute atomic E-state index is 11.5. The number of hydrogen-bond acceptors (Lipinski definition) is 2. The molecule has 0 aliphatic rings. The summed E-state index contributed by atoms with van der Waals surface area (Å²) in [6, 6.07) is 3.82. The second-order valence-electron chi connectivity index (χ2n) is 4.06. The molecule has 0 bridgehead atoms. The van der Waals surface area contributed by atoms with E-state index in [0.29, 0.717) is 12.8 Å². The minimum Gasteiger partial charge on any atom is -0.469 e. The maximum atomic E-state index is 11.5. The standard InChI is InChI=1S/C12H18ClNO2/c1-9(13)8-10(2)14-12(15)6-5-11-4-3-7-16-11/h3-4,7,9-10H,5-6,8H2,1-2H3,(H,14,15). The van der Waals surface area contributed by atoms with Crippen LogP contribution in [0.25, 0.3) is 0 Å². The van der Waals surface area contributed by atoms with Gasteiger partial charge in [-0.05, 0) is 32.4 Å². The van der Waals surface area contributed by atoms with Crippen molar-refractivity contribution in [2.24, 2.45) is 0 Å². The van der Waals surface area contributed by atoms with Crippen LogP contribution in [0.1, 0.15) is 32.4 Å². The fraction of sp³-hybridized carbons (Fsp3) is 0.583. The third kappa shape index (κ3) is 5.21. The van der Waals surface area contributed by atoms with Crippen LogP contribution in [0.4, 0.5) is 0 Å². The minimum atomic E-state index is 0.0428. The zero-order valence-electron chi connectivity index (χ0n) is 9.70. The van der Waals surface area contributed by atoms with Crippen LogP contribution in [-0.4, -0.2) is 17.3 Å². The number of carbonyl (C=O) groups is 1. The lowest BCUT2D eigenvalue weighted by atomic mass is 10.1. The molecule has 1 rings (SSSR count). The summed E-state index contributed by atoms with van der Waals surface area (Å²) in [4.78, 5) is 11.5. The zero-order valence-corrected chi connectivity index (χ0v) is 10.5. The molecule has 16 heavy (non-hydrogen) atoms. The van der Waals surface area contributed by atoms with Crippen molar-refractivity contribution in [2.75, 3.05) is 0 Å². The topological polar surface area (TPSA) is 42.2 Å². The Morgan fingerprint density at radius 1 is 1.56 bits per heavy atom. The fourth-order valence-electron chi connectivity index (χ4n) is 1.58. The van der Waals surface area contributed by atoms with Crippen LogP contribution >= 0.6 is 11.6 Å². The van der Waals surface area contributed by atoms with Crippen molar-refractivity contribution in [1.29, 1.82) is 0 Å². The Bertz CT molecular complexity index is 309. The third-order valence-electron chi connectivity index (χ3n) is 2.26. The van der Waals surface area contributed by atoms with Crippen molar-refractivity contribution in [1.82, 2.24) is 5.32 Å². The highest BCUT2D eigenvalue weighted by Gasteiger charge is 2.10. The first-order chi connectivity index (χ1) is 7.58. The summed E-state index contributed by atoms with van der Waals surface area (Å²) < 4.78 is 5.15. The van der Waals surface area contributed by atoms with Crippen molar-refractivity contribution >= 4 is 17.5 Å². The van der Waals surface area contributed by atoms with Crippen LogP contribution in [0.3, 0.4) is 0 Å². The number of hydrogen-bond donors (Lipinski definition) is 1. The molecule has 1 N–H and O–H groups in total. The second-order valence-corrected chi connectivity index (χ2v) is 4.81. The minimum absolute atomic E-state index is 0.0428. The maximum Gasteiger partial charge on any atom is 0.220 e. The largest absolute Gasteiger partial charge is 0.469 e. The Labute approximate surface area is 101 Å². The van der Waals surface area contributed by atoms with E-state index in [9.17, 15) is 4.79 Å². The average molecular weight is 244 g/mol. The van der Waals surface area contributed by atoms with E-state index in [-0.39, 0.29) is 17.3 Å². The molecule has 90 valence electrons. The molecule has 2 unspecified atom stereocenters. The molecule has 2 atom stereocenters. The first-order valence-corrected chi connectivity index (χ1v) is 5.97. The fourth-order valence-corrected chi connectivity index (χ4v) is 1.85. The van der Waals surface area contributed by atoms with Gasteiger partial charge < -0.3 is 9.73 Å². The van der Waals surface area contributed by atoms with E-state index in [1.165, 1.54) is 0 Å². The van der Waals surface area contributed by atoms with E-state index in [4.69, 9.17) is 16.0 Å². The van der Waals surface area contributed by atoms with E-state index < -0.39 is 0 Å². The molecule has 3 nitrogen and oxygen atoms in total. The van der Waals surface area contributed by atoms with Gasteiger partial charge in [0.25, 0.3) is 0 Å². The number of furan rings is 1. The molecule has 1 heterocycles. The summed E-state index contributed by atoms with van der Waals surface area (Å²) in [5, 5.41) is 2.99. The van der Waals surface area contributed by atoms with Crippen molar-refractivity contribution in [2.45, 2.75) is 44.5 Å². The van der Waals surface area contributed by atoms with E-state index in [0.717, 1.165) is 12.2 Å². The molecule has 0 aliphatic carbocycles. The summed E-state index contributed by atoms with van der Waals surface area (Å²) in [7, 11) is 0. The summed E-state index contributed by atoms with van der Waals surface area (Å²) >= 11 is 5.85. The summed E-state index contributed by atoms with van der Waals surface area (Å²) in [5.41, 5.74) is 0. The highest BCUT2D eigenvalue weighted by atomic mass is 35.5.